The number of hydrogen-bond donors (Lipinski definition) is 1. The standard InChI is InChI=1S/C20H19Cl2N3O2S/c1-11-9-13(21)7-8-15(11)24-20-25(3)19(27)17(28-20)10-18(26)23-16-6-4-5-14(22)12(16)2/h4-9,17H,10H2,1-3H3,(H,23,26)/t17-/m1/s1. The summed E-state index contributed by atoms with van der Waals surface area (Å²) in [6.07, 6.45) is 0.0540. The third-order valence-electron chi connectivity index (χ3n) is 4.43. The first kappa shape index (κ1) is 20.7. The maximum atomic E-state index is 12.6. The second kappa shape index (κ2) is 8.55. The number of thioether (sulfide) groups is 1. The van der Waals surface area contributed by atoms with Crippen LogP contribution in [0.1, 0.15) is 17.5 Å². The van der Waals surface area contributed by atoms with Gasteiger partial charge in [-0.15, -0.1) is 0 Å². The lowest BCUT2D eigenvalue weighted by atomic mass is 10.2. The number of aryl methyl sites for hydroxylation is 1. The number of carbonyl (C=O) groups excluding carboxylic acids is 2. The van der Waals surface area contributed by atoms with Crippen LogP contribution in [-0.4, -0.2) is 34.2 Å². The number of nitrogens with zero attached hydrogens (tertiary/aromatic N) is 2. The average molecular weight is 436 g/mol. The minimum atomic E-state index is -0.518. The van der Waals surface area contributed by atoms with Gasteiger partial charge < -0.3 is 5.32 Å². The Morgan fingerprint density at radius 1 is 1.25 bits per heavy atom. The van der Waals surface area contributed by atoms with Gasteiger partial charge in [-0.1, -0.05) is 41.0 Å². The highest BCUT2D eigenvalue weighted by Gasteiger charge is 2.37. The van der Waals surface area contributed by atoms with Gasteiger partial charge in [-0.25, -0.2) is 4.99 Å². The summed E-state index contributed by atoms with van der Waals surface area (Å²) in [5, 5.41) is 4.09. The smallest absolute Gasteiger partial charge is 0.242 e. The second-order valence-corrected chi connectivity index (χ2v) is 8.51. The van der Waals surface area contributed by atoms with Crippen LogP contribution in [0.25, 0.3) is 0 Å². The Labute approximate surface area is 178 Å². The summed E-state index contributed by atoms with van der Waals surface area (Å²) in [5.74, 6) is -0.387. The molecule has 1 fully saturated rings. The Bertz CT molecular complexity index is 978. The number of anilines is 1. The summed E-state index contributed by atoms with van der Waals surface area (Å²) in [6, 6.07) is 10.7. The predicted molar refractivity (Wildman–Crippen MR) is 117 cm³/mol. The number of amides is 2. The minimum Gasteiger partial charge on any atom is -0.326 e. The lowest BCUT2D eigenvalue weighted by Crippen LogP contribution is -2.30. The molecule has 3 rings (SSSR count). The summed E-state index contributed by atoms with van der Waals surface area (Å²) in [6.45, 7) is 3.74. The van der Waals surface area contributed by atoms with Crippen LogP contribution in [-0.2, 0) is 9.59 Å². The normalized spacial score (nSPS) is 18.0. The van der Waals surface area contributed by atoms with Crippen LogP contribution in [0.3, 0.4) is 0 Å². The van der Waals surface area contributed by atoms with Gasteiger partial charge in [0.2, 0.25) is 11.8 Å². The molecule has 0 bridgehead atoms. The molecule has 5 nitrogen and oxygen atoms in total. The van der Waals surface area contributed by atoms with E-state index in [-0.39, 0.29) is 18.2 Å². The molecule has 0 radical (unpaired) electrons. The van der Waals surface area contributed by atoms with Crippen molar-refractivity contribution in [3.63, 3.8) is 0 Å². The van der Waals surface area contributed by atoms with Gasteiger partial charge in [-0.2, -0.15) is 0 Å². The van der Waals surface area contributed by atoms with Crippen molar-refractivity contribution in [3.05, 3.63) is 57.6 Å². The van der Waals surface area contributed by atoms with Gasteiger partial charge in [0.05, 0.1) is 5.69 Å². The Hall–Kier alpha value is -2.02. The molecule has 1 saturated heterocycles. The monoisotopic (exact) mass is 435 g/mol. The molecule has 0 aliphatic carbocycles. The van der Waals surface area contributed by atoms with Gasteiger partial charge in [-0.05, 0) is 55.3 Å². The van der Waals surface area contributed by atoms with Crippen molar-refractivity contribution in [1.29, 1.82) is 0 Å². The lowest BCUT2D eigenvalue weighted by Gasteiger charge is -2.11. The van der Waals surface area contributed by atoms with E-state index in [9.17, 15) is 9.59 Å². The molecule has 1 aliphatic heterocycles. The zero-order chi connectivity index (χ0) is 20.4. The first-order valence-electron chi connectivity index (χ1n) is 8.60. The van der Waals surface area contributed by atoms with E-state index in [1.54, 1.807) is 31.3 Å². The Kier molecular flexibility index (Phi) is 6.33. The van der Waals surface area contributed by atoms with Crippen molar-refractivity contribution in [3.8, 4) is 0 Å². The Morgan fingerprint density at radius 3 is 2.71 bits per heavy atom. The number of hydrogen-bond acceptors (Lipinski definition) is 4. The van der Waals surface area contributed by atoms with Gasteiger partial charge >= 0.3 is 0 Å². The number of aliphatic imine (C=N–C) groups is 1. The van der Waals surface area contributed by atoms with Crippen LogP contribution in [0.15, 0.2) is 41.4 Å². The molecule has 0 saturated carbocycles. The van der Waals surface area contributed by atoms with Crippen molar-refractivity contribution in [2.45, 2.75) is 25.5 Å². The summed E-state index contributed by atoms with van der Waals surface area (Å²) in [7, 11) is 1.67. The largest absolute Gasteiger partial charge is 0.326 e. The topological polar surface area (TPSA) is 61.8 Å². The van der Waals surface area contributed by atoms with Crippen molar-refractivity contribution < 1.29 is 9.59 Å². The zero-order valence-corrected chi connectivity index (χ0v) is 18.0. The lowest BCUT2D eigenvalue weighted by molar-refractivity contribution is -0.127. The molecule has 0 aromatic heterocycles. The highest BCUT2D eigenvalue weighted by Crippen LogP contribution is 2.32. The molecule has 1 atom stereocenters. The third kappa shape index (κ3) is 4.51. The van der Waals surface area contributed by atoms with E-state index >= 15 is 0 Å². The van der Waals surface area contributed by atoms with Crippen molar-refractivity contribution in [2.75, 3.05) is 12.4 Å². The molecule has 2 aromatic rings. The fraction of sp³-hybridized carbons (Fsp3) is 0.250. The molecule has 1 aliphatic rings. The van der Waals surface area contributed by atoms with Crippen LogP contribution in [0, 0.1) is 13.8 Å². The molecule has 0 spiro atoms. The average Bonchev–Trinajstić information content (AvgIpc) is 2.89. The molecule has 1 N–H and O–H groups in total. The van der Waals surface area contributed by atoms with Crippen LogP contribution >= 0.6 is 35.0 Å². The summed E-state index contributed by atoms with van der Waals surface area (Å²) < 4.78 is 0. The van der Waals surface area contributed by atoms with Crippen LogP contribution in [0.5, 0.6) is 0 Å². The molecular formula is C20H19Cl2N3O2S. The molecule has 8 heteroatoms. The number of rotatable bonds is 4. The number of amidine groups is 1. The van der Waals surface area contributed by atoms with E-state index in [2.05, 4.69) is 10.3 Å². The van der Waals surface area contributed by atoms with Crippen LogP contribution in [0.4, 0.5) is 11.4 Å². The summed E-state index contributed by atoms with van der Waals surface area (Å²) in [4.78, 5) is 31.1. The highest BCUT2D eigenvalue weighted by atomic mass is 35.5. The van der Waals surface area contributed by atoms with Gasteiger partial charge in [-0.3, -0.25) is 14.5 Å². The fourth-order valence-electron chi connectivity index (χ4n) is 2.76. The molecular weight excluding hydrogens is 417 g/mol. The fourth-order valence-corrected chi connectivity index (χ4v) is 4.31. The first-order valence-corrected chi connectivity index (χ1v) is 10.2. The van der Waals surface area contributed by atoms with E-state index < -0.39 is 5.25 Å². The van der Waals surface area contributed by atoms with Gasteiger partial charge in [0.15, 0.2) is 5.17 Å². The van der Waals surface area contributed by atoms with E-state index in [1.165, 1.54) is 16.7 Å². The van der Waals surface area contributed by atoms with Crippen molar-refractivity contribution in [2.24, 2.45) is 4.99 Å². The Morgan fingerprint density at radius 2 is 2.00 bits per heavy atom. The minimum absolute atomic E-state index is 0.0540. The molecule has 146 valence electrons. The van der Waals surface area contributed by atoms with Crippen LogP contribution in [0.2, 0.25) is 10.0 Å². The highest BCUT2D eigenvalue weighted by molar-refractivity contribution is 8.15. The van der Waals surface area contributed by atoms with E-state index in [1.807, 2.05) is 26.0 Å². The Balaban J connectivity index is 1.72. The number of halogens is 2. The third-order valence-corrected chi connectivity index (χ3v) is 6.30. The quantitative estimate of drug-likeness (QED) is 0.717. The maximum Gasteiger partial charge on any atom is 0.242 e. The van der Waals surface area contributed by atoms with Gasteiger partial charge in [0.25, 0.3) is 0 Å². The van der Waals surface area contributed by atoms with Gasteiger partial charge in [0, 0.05) is 29.2 Å². The van der Waals surface area contributed by atoms with Gasteiger partial charge in [0.1, 0.15) is 5.25 Å². The SMILES string of the molecule is Cc1cc(Cl)ccc1N=C1S[C@H](CC(=O)Nc2cccc(Cl)c2C)C(=O)N1C. The van der Waals surface area contributed by atoms with E-state index in [0.29, 0.717) is 20.9 Å². The molecule has 0 unspecified atom stereocenters. The molecule has 1 heterocycles. The molecule has 28 heavy (non-hydrogen) atoms. The number of carbonyl (C=O) groups is 2. The van der Waals surface area contributed by atoms with E-state index in [0.717, 1.165) is 16.8 Å². The summed E-state index contributed by atoms with van der Waals surface area (Å²) in [5.41, 5.74) is 3.10. The van der Waals surface area contributed by atoms with Crippen molar-refractivity contribution in [1.82, 2.24) is 4.90 Å². The zero-order valence-electron chi connectivity index (χ0n) is 15.6. The predicted octanol–water partition coefficient (Wildman–Crippen LogP) is 5.20. The maximum absolute atomic E-state index is 12.6. The number of nitrogens with one attached hydrogen (secondary N) is 1. The second-order valence-electron chi connectivity index (χ2n) is 6.49. The number of benzene rings is 2. The van der Waals surface area contributed by atoms with Crippen LogP contribution < -0.4 is 5.32 Å². The summed E-state index contributed by atoms with van der Waals surface area (Å²) >= 11 is 13.4. The molecule has 2 amide bonds. The first-order chi connectivity index (χ1) is 13.3. The van der Waals surface area contributed by atoms with Crippen molar-refractivity contribution >= 4 is 63.3 Å². The molecule has 2 aromatic carbocycles. The van der Waals surface area contributed by atoms with E-state index in [4.69, 9.17) is 23.2 Å².